The maximum absolute atomic E-state index is 14.3. The minimum Gasteiger partial charge on any atom is -0.384 e. The number of nitriles is 1. The summed E-state index contributed by atoms with van der Waals surface area (Å²) < 4.78 is 0. The molecule has 3 heterocycles. The van der Waals surface area contributed by atoms with Crippen LogP contribution in [-0.2, 0) is 21.5 Å². The predicted molar refractivity (Wildman–Crippen MR) is 149 cm³/mol. The highest BCUT2D eigenvalue weighted by atomic mass is 16.2. The van der Waals surface area contributed by atoms with Crippen molar-refractivity contribution in [3.8, 4) is 6.07 Å². The van der Waals surface area contributed by atoms with Gasteiger partial charge in [-0.1, -0.05) is 78.9 Å². The molecular formula is C32H23N5O2. The molecule has 7 rings (SSSR count). The van der Waals surface area contributed by atoms with Crippen LogP contribution in [0.25, 0.3) is 10.8 Å². The summed E-state index contributed by atoms with van der Waals surface area (Å²) in [6.45, 7) is 0.603. The predicted octanol–water partition coefficient (Wildman–Crippen LogP) is 4.54. The van der Waals surface area contributed by atoms with Gasteiger partial charge in [0, 0.05) is 23.5 Å². The molecule has 1 spiro atoms. The van der Waals surface area contributed by atoms with Crippen LogP contribution in [0.2, 0.25) is 0 Å². The van der Waals surface area contributed by atoms with Gasteiger partial charge in [-0.3, -0.25) is 14.5 Å². The Morgan fingerprint density at radius 1 is 0.897 bits per heavy atom. The molecule has 0 saturated carbocycles. The second kappa shape index (κ2) is 8.33. The monoisotopic (exact) mass is 509 g/mol. The molecule has 39 heavy (non-hydrogen) atoms. The molecule has 2 amide bonds. The molecule has 188 valence electrons. The molecule has 0 aromatic heterocycles. The average Bonchev–Trinajstić information content (AvgIpc) is 3.43. The number of benzene rings is 4. The molecule has 0 fully saturated rings. The van der Waals surface area contributed by atoms with Crippen LogP contribution in [0.4, 0.5) is 11.4 Å². The molecule has 3 aliphatic rings. The Bertz CT molecular complexity index is 1820. The highest BCUT2D eigenvalue weighted by molar-refractivity contribution is 6.20. The van der Waals surface area contributed by atoms with Gasteiger partial charge < -0.3 is 16.0 Å². The topological polar surface area (TPSA) is 102 Å². The quantitative estimate of drug-likeness (QED) is 0.422. The van der Waals surface area contributed by atoms with E-state index in [1.54, 1.807) is 21.9 Å². The summed E-state index contributed by atoms with van der Waals surface area (Å²) in [6, 6.07) is 33.0. The van der Waals surface area contributed by atoms with E-state index in [4.69, 9.17) is 5.73 Å². The van der Waals surface area contributed by atoms with Crippen LogP contribution >= 0.6 is 0 Å². The Morgan fingerprint density at radius 2 is 1.62 bits per heavy atom. The number of carbonyl (C=O) groups excluding carboxylic acids is 2. The molecule has 1 atom stereocenters. The highest BCUT2D eigenvalue weighted by Crippen LogP contribution is 2.55. The Balaban J connectivity index is 1.47. The summed E-state index contributed by atoms with van der Waals surface area (Å²) >= 11 is 0. The number of nitrogens with one attached hydrogen (secondary N) is 1. The van der Waals surface area contributed by atoms with E-state index in [0.29, 0.717) is 23.5 Å². The number of amides is 2. The van der Waals surface area contributed by atoms with Crippen molar-refractivity contribution in [3.05, 3.63) is 131 Å². The second-order valence-corrected chi connectivity index (χ2v) is 9.96. The maximum Gasteiger partial charge on any atom is 0.254 e. The fourth-order valence-corrected chi connectivity index (χ4v) is 6.18. The number of carbonyl (C=O) groups is 2. The van der Waals surface area contributed by atoms with E-state index < -0.39 is 11.3 Å². The average molecular weight is 510 g/mol. The van der Waals surface area contributed by atoms with Crippen LogP contribution < -0.4 is 16.0 Å². The summed E-state index contributed by atoms with van der Waals surface area (Å²) in [4.78, 5) is 31.7. The summed E-state index contributed by atoms with van der Waals surface area (Å²) in [6.07, 6.45) is 0. The van der Waals surface area contributed by atoms with Gasteiger partial charge in [0.25, 0.3) is 5.91 Å². The smallest absolute Gasteiger partial charge is 0.254 e. The number of nitrogens with two attached hydrogens (primary N) is 1. The van der Waals surface area contributed by atoms with Crippen molar-refractivity contribution in [1.82, 2.24) is 4.90 Å². The number of hydrogen-bond acceptors (Lipinski definition) is 5. The highest BCUT2D eigenvalue weighted by Gasteiger charge is 2.62. The Labute approximate surface area is 225 Å². The molecule has 0 radical (unpaired) electrons. The zero-order valence-electron chi connectivity index (χ0n) is 20.9. The van der Waals surface area contributed by atoms with E-state index in [2.05, 4.69) is 11.4 Å². The number of anilines is 2. The van der Waals surface area contributed by atoms with Crippen molar-refractivity contribution in [2.45, 2.75) is 12.0 Å². The molecule has 3 aliphatic heterocycles. The van der Waals surface area contributed by atoms with Crippen LogP contribution in [0.5, 0.6) is 0 Å². The molecule has 0 saturated heterocycles. The minimum atomic E-state index is -1.62. The summed E-state index contributed by atoms with van der Waals surface area (Å²) in [5.74, 6) is -0.580. The zero-order valence-corrected chi connectivity index (χ0v) is 20.9. The number of hydrogen-bond donors (Lipinski definition) is 2. The largest absolute Gasteiger partial charge is 0.384 e. The number of nitrogens with zero attached hydrogens (tertiary/aromatic N) is 3. The third kappa shape index (κ3) is 3.09. The lowest BCUT2D eigenvalue weighted by Gasteiger charge is -2.39. The zero-order chi connectivity index (χ0) is 26.7. The van der Waals surface area contributed by atoms with Crippen molar-refractivity contribution < 1.29 is 9.59 Å². The third-order valence-corrected chi connectivity index (χ3v) is 7.89. The minimum absolute atomic E-state index is 0.0479. The fourth-order valence-electron chi connectivity index (χ4n) is 6.18. The van der Waals surface area contributed by atoms with E-state index in [9.17, 15) is 14.9 Å². The van der Waals surface area contributed by atoms with Crippen LogP contribution in [0.15, 0.2) is 120 Å². The van der Waals surface area contributed by atoms with Gasteiger partial charge in [-0.15, -0.1) is 0 Å². The Morgan fingerprint density at radius 3 is 2.41 bits per heavy atom. The first-order chi connectivity index (χ1) is 19.0. The van der Waals surface area contributed by atoms with Gasteiger partial charge in [-0.25, -0.2) is 0 Å². The Kier molecular flexibility index (Phi) is 4.88. The molecule has 3 N–H and O–H groups in total. The van der Waals surface area contributed by atoms with Gasteiger partial charge in [-0.2, -0.15) is 5.26 Å². The third-order valence-electron chi connectivity index (χ3n) is 7.89. The van der Waals surface area contributed by atoms with E-state index in [1.165, 1.54) is 0 Å². The number of para-hydroxylation sites is 1. The first kappa shape index (κ1) is 22.8. The van der Waals surface area contributed by atoms with Gasteiger partial charge in [0.2, 0.25) is 5.91 Å². The van der Waals surface area contributed by atoms with E-state index >= 15 is 0 Å². The lowest BCUT2D eigenvalue weighted by Crippen LogP contribution is -2.48. The van der Waals surface area contributed by atoms with Crippen molar-refractivity contribution in [2.24, 2.45) is 5.73 Å². The van der Waals surface area contributed by atoms with Crippen LogP contribution in [0.3, 0.4) is 0 Å². The van der Waals surface area contributed by atoms with Crippen molar-refractivity contribution in [1.29, 1.82) is 5.26 Å². The molecular weight excluding hydrogens is 486 g/mol. The van der Waals surface area contributed by atoms with Gasteiger partial charge in [0.1, 0.15) is 17.3 Å². The molecule has 0 bridgehead atoms. The number of fused-ring (bicyclic) bond motifs is 4. The fraction of sp³-hybridized carbons (Fsp3) is 0.0938. The van der Waals surface area contributed by atoms with E-state index in [0.717, 1.165) is 22.0 Å². The van der Waals surface area contributed by atoms with Crippen LogP contribution in [0.1, 0.15) is 11.1 Å². The molecule has 4 aromatic rings. The lowest BCUT2D eigenvalue weighted by atomic mass is 9.67. The molecule has 7 heteroatoms. The maximum atomic E-state index is 14.3. The van der Waals surface area contributed by atoms with E-state index in [-0.39, 0.29) is 29.4 Å². The van der Waals surface area contributed by atoms with Crippen molar-refractivity contribution in [3.63, 3.8) is 0 Å². The molecule has 4 aromatic carbocycles. The summed E-state index contributed by atoms with van der Waals surface area (Å²) in [7, 11) is 0. The normalized spacial score (nSPS) is 20.0. The molecule has 7 nitrogen and oxygen atoms in total. The van der Waals surface area contributed by atoms with Crippen molar-refractivity contribution in [2.75, 3.05) is 16.8 Å². The van der Waals surface area contributed by atoms with Crippen LogP contribution in [0, 0.1) is 11.3 Å². The standard InChI is InChI=1S/C32H23N5O2/c33-17-25-29(34)37(23-15-14-21-10-4-5-11-22(21)16-23)27-19-36(18-20-8-2-1-3-9-20)30(38)28(27)32(25)24-12-6-7-13-26(24)35-31(32)39/h1-16H,18-19,34H2,(H,35,39). The van der Waals surface area contributed by atoms with Gasteiger partial charge in [0.15, 0.2) is 0 Å². The van der Waals surface area contributed by atoms with Gasteiger partial charge in [-0.05, 0) is 34.5 Å². The summed E-state index contributed by atoms with van der Waals surface area (Å²) in [5, 5.41) is 15.5. The summed E-state index contributed by atoms with van der Waals surface area (Å²) in [5.41, 5.74) is 8.96. The first-order valence-electron chi connectivity index (χ1n) is 12.7. The second-order valence-electron chi connectivity index (χ2n) is 9.96. The van der Waals surface area contributed by atoms with E-state index in [1.807, 2.05) is 84.9 Å². The van der Waals surface area contributed by atoms with Gasteiger partial charge in [0.05, 0.1) is 23.4 Å². The lowest BCUT2D eigenvalue weighted by molar-refractivity contribution is -0.128. The Hall–Kier alpha value is -5.35. The first-order valence-corrected chi connectivity index (χ1v) is 12.7. The van der Waals surface area contributed by atoms with Crippen molar-refractivity contribution >= 4 is 34.0 Å². The van der Waals surface area contributed by atoms with Crippen LogP contribution in [-0.4, -0.2) is 23.3 Å². The number of rotatable bonds is 3. The SMILES string of the molecule is N#CC1=C(N)N(c2ccc3ccccc3c2)C2=C(C(=O)N(Cc3ccccc3)C2)C12C(=O)Nc1ccccc12. The van der Waals surface area contributed by atoms with Gasteiger partial charge >= 0.3 is 0 Å². The molecule has 1 unspecified atom stereocenters. The molecule has 0 aliphatic carbocycles.